The zero-order valence-electron chi connectivity index (χ0n) is 41.3. The van der Waals surface area contributed by atoms with Crippen molar-refractivity contribution < 1.29 is 0 Å². The maximum Gasteiger partial charge on any atom is 0.252 e. The Bertz CT molecular complexity index is 2660. The van der Waals surface area contributed by atoms with Crippen molar-refractivity contribution >= 4 is 68.6 Å². The van der Waals surface area contributed by atoms with Crippen molar-refractivity contribution in [3.8, 4) is 0 Å². The minimum Gasteiger partial charge on any atom is -0.334 e. The molecule has 6 aromatic carbocycles. The maximum atomic E-state index is 2.78. The van der Waals surface area contributed by atoms with Crippen LogP contribution in [0.5, 0.6) is 0 Å². The second-order valence-electron chi connectivity index (χ2n) is 24.3. The minimum absolute atomic E-state index is 0.0159. The van der Waals surface area contributed by atoms with Gasteiger partial charge in [0.1, 0.15) is 0 Å². The van der Waals surface area contributed by atoms with Gasteiger partial charge in [0.2, 0.25) is 0 Å². The van der Waals surface area contributed by atoms with Crippen molar-refractivity contribution in [1.29, 1.82) is 0 Å². The van der Waals surface area contributed by atoms with Crippen LogP contribution in [0.1, 0.15) is 150 Å². The molecule has 0 N–H and O–H groups in total. The van der Waals surface area contributed by atoms with Gasteiger partial charge in [-0.05, 0) is 140 Å². The van der Waals surface area contributed by atoms with Crippen LogP contribution >= 0.6 is 0 Å². The molecule has 6 aromatic rings. The van der Waals surface area contributed by atoms with E-state index < -0.39 is 0 Å². The Balaban J connectivity index is 1.34. The predicted molar refractivity (Wildman–Crippen MR) is 278 cm³/mol. The highest BCUT2D eigenvalue weighted by molar-refractivity contribution is 7.00. The molecule has 1 fully saturated rings. The van der Waals surface area contributed by atoms with E-state index >= 15 is 0 Å². The summed E-state index contributed by atoms with van der Waals surface area (Å²) in [7, 11) is 0. The largest absolute Gasteiger partial charge is 0.334 e. The highest BCUT2D eigenvalue weighted by Crippen LogP contribution is 2.61. The molecule has 2 unspecified atom stereocenters. The van der Waals surface area contributed by atoms with Gasteiger partial charge in [0.15, 0.2) is 0 Å². The number of hydrogen-bond donors (Lipinski definition) is 0. The Morgan fingerprint density at radius 1 is 0.422 bits per heavy atom. The van der Waals surface area contributed by atoms with Gasteiger partial charge in [-0.3, -0.25) is 0 Å². The highest BCUT2D eigenvalue weighted by atomic mass is 15.3. The van der Waals surface area contributed by atoms with Gasteiger partial charge in [-0.1, -0.05) is 170 Å². The van der Waals surface area contributed by atoms with E-state index in [0.717, 1.165) is 6.42 Å². The summed E-state index contributed by atoms with van der Waals surface area (Å²) in [6.45, 7) is 33.2. The first-order valence-electron chi connectivity index (χ1n) is 24.2. The summed E-state index contributed by atoms with van der Waals surface area (Å²) in [5.74, 6) is 0. The quantitative estimate of drug-likeness (QED) is 0.164. The molecule has 1 saturated carbocycles. The molecule has 0 bridgehead atoms. The number of hydrogen-bond acceptors (Lipinski definition) is 3. The number of nitrogens with zero attached hydrogens (tertiary/aromatic N) is 3. The molecular formula is C60H70BN3. The molecule has 328 valence electrons. The lowest BCUT2D eigenvalue weighted by atomic mass is 9.33. The van der Waals surface area contributed by atoms with Crippen LogP contribution in [0.25, 0.3) is 0 Å². The van der Waals surface area contributed by atoms with E-state index in [4.69, 9.17) is 0 Å². The molecular weight excluding hydrogens is 773 g/mol. The zero-order chi connectivity index (χ0) is 45.5. The van der Waals surface area contributed by atoms with E-state index in [1.165, 1.54) is 109 Å². The average molecular weight is 844 g/mol. The fourth-order valence-corrected chi connectivity index (χ4v) is 11.9. The van der Waals surface area contributed by atoms with Gasteiger partial charge in [-0.2, -0.15) is 0 Å². The molecule has 0 amide bonds. The SMILES string of the molecule is CC(C)(C)c1ccc(N2c3ccc(C(C)(C)C)cc3B3c4cc(C(C)(C)C)ccc4N(c4ccc(C(C)(C)C)cc4)c4cc(N5c6ccccc6C6(C)CCCCC56C)cc2c43)cc1. The Kier molecular flexibility index (Phi) is 9.44. The van der Waals surface area contributed by atoms with E-state index in [2.05, 4.69) is 233 Å². The van der Waals surface area contributed by atoms with Crippen molar-refractivity contribution in [2.45, 2.75) is 155 Å². The molecule has 1 aliphatic carbocycles. The standard InChI is InChI=1S/C60H70BN3/c1-55(2,3)39-21-27-43(28-22-39)62-50-31-25-41(57(7,8)9)35-47(50)61-48-36-42(58(10,11)12)26-32-51(48)63(44-29-23-40(24-30-44)56(4,5)6)53-38-45(37-52(62)54(53)61)64-49-20-16-15-19-46(49)59(13)33-17-18-34-60(59,64)14/h15-16,19-32,35-38H,17-18,33-34H2,1-14H3. The van der Waals surface area contributed by atoms with Crippen LogP contribution < -0.4 is 31.1 Å². The lowest BCUT2D eigenvalue weighted by Gasteiger charge is -2.51. The van der Waals surface area contributed by atoms with Gasteiger partial charge in [0.25, 0.3) is 6.71 Å². The predicted octanol–water partition coefficient (Wildman–Crippen LogP) is 14.7. The van der Waals surface area contributed by atoms with Gasteiger partial charge in [-0.15, -0.1) is 0 Å². The van der Waals surface area contributed by atoms with Gasteiger partial charge < -0.3 is 14.7 Å². The summed E-state index contributed by atoms with van der Waals surface area (Å²) in [5, 5.41) is 0. The van der Waals surface area contributed by atoms with E-state index in [9.17, 15) is 0 Å². The topological polar surface area (TPSA) is 9.72 Å². The molecule has 3 aliphatic heterocycles. The summed E-state index contributed by atoms with van der Waals surface area (Å²) in [5.41, 5.74) is 21.1. The second-order valence-corrected chi connectivity index (χ2v) is 24.3. The van der Waals surface area contributed by atoms with E-state index in [-0.39, 0.29) is 39.3 Å². The Morgan fingerprint density at radius 3 is 1.30 bits per heavy atom. The molecule has 0 radical (unpaired) electrons. The van der Waals surface area contributed by atoms with Gasteiger partial charge in [0.05, 0.1) is 5.54 Å². The molecule has 0 spiro atoms. The summed E-state index contributed by atoms with van der Waals surface area (Å²) in [6, 6.07) is 48.3. The number of anilines is 8. The lowest BCUT2D eigenvalue weighted by molar-refractivity contribution is 0.195. The van der Waals surface area contributed by atoms with Crippen LogP contribution in [-0.2, 0) is 27.1 Å². The van der Waals surface area contributed by atoms with Crippen LogP contribution in [0, 0.1) is 0 Å². The average Bonchev–Trinajstić information content (AvgIpc) is 3.45. The minimum atomic E-state index is -0.0873. The van der Waals surface area contributed by atoms with Crippen molar-refractivity contribution in [3.05, 3.63) is 149 Å². The molecule has 4 heteroatoms. The number of para-hydroxylation sites is 1. The van der Waals surface area contributed by atoms with Crippen LogP contribution in [-0.4, -0.2) is 12.3 Å². The molecule has 64 heavy (non-hydrogen) atoms. The monoisotopic (exact) mass is 844 g/mol. The molecule has 0 aromatic heterocycles. The molecule has 4 aliphatic rings. The molecule has 0 saturated heterocycles. The first-order valence-corrected chi connectivity index (χ1v) is 24.2. The Morgan fingerprint density at radius 2 is 0.844 bits per heavy atom. The van der Waals surface area contributed by atoms with Gasteiger partial charge in [0, 0.05) is 50.9 Å². The van der Waals surface area contributed by atoms with E-state index in [0.29, 0.717) is 0 Å². The third kappa shape index (κ3) is 6.43. The lowest BCUT2D eigenvalue weighted by Crippen LogP contribution is -2.62. The van der Waals surface area contributed by atoms with Gasteiger partial charge in [-0.25, -0.2) is 0 Å². The molecule has 10 rings (SSSR count). The smallest absolute Gasteiger partial charge is 0.252 e. The summed E-state index contributed by atoms with van der Waals surface area (Å²) in [4.78, 5) is 8.03. The van der Waals surface area contributed by atoms with Crippen molar-refractivity contribution in [3.63, 3.8) is 0 Å². The summed E-state index contributed by atoms with van der Waals surface area (Å²) >= 11 is 0. The number of rotatable bonds is 3. The first kappa shape index (κ1) is 42.7. The van der Waals surface area contributed by atoms with Crippen LogP contribution in [0.3, 0.4) is 0 Å². The molecule has 3 heterocycles. The van der Waals surface area contributed by atoms with Crippen molar-refractivity contribution in [1.82, 2.24) is 0 Å². The highest BCUT2D eigenvalue weighted by Gasteiger charge is 2.58. The van der Waals surface area contributed by atoms with Crippen LogP contribution in [0.4, 0.5) is 45.5 Å². The Labute approximate surface area is 386 Å². The van der Waals surface area contributed by atoms with E-state index in [1.807, 2.05) is 0 Å². The Hall–Kier alpha value is -5.22. The third-order valence-corrected chi connectivity index (χ3v) is 16.0. The number of fused-ring (bicyclic) bond motifs is 7. The molecule has 3 nitrogen and oxygen atoms in total. The van der Waals surface area contributed by atoms with Crippen LogP contribution in [0.15, 0.2) is 121 Å². The third-order valence-electron chi connectivity index (χ3n) is 16.0. The van der Waals surface area contributed by atoms with Crippen LogP contribution in [0.2, 0.25) is 0 Å². The molecule has 2 atom stereocenters. The zero-order valence-corrected chi connectivity index (χ0v) is 41.3. The summed E-state index contributed by atoms with van der Waals surface area (Å²) in [6.07, 6.45) is 4.85. The summed E-state index contributed by atoms with van der Waals surface area (Å²) < 4.78 is 0. The van der Waals surface area contributed by atoms with Gasteiger partial charge >= 0.3 is 0 Å². The normalized spacial score (nSPS) is 20.4. The van der Waals surface area contributed by atoms with Crippen molar-refractivity contribution in [2.75, 3.05) is 14.7 Å². The van der Waals surface area contributed by atoms with E-state index in [1.54, 1.807) is 0 Å². The first-order chi connectivity index (χ1) is 30.0. The second kappa shape index (κ2) is 14.1. The fraction of sp³-hybridized carbons (Fsp3) is 0.400. The maximum absolute atomic E-state index is 2.78. The fourth-order valence-electron chi connectivity index (χ4n) is 11.9. The number of benzene rings is 6. The van der Waals surface area contributed by atoms with Crippen molar-refractivity contribution in [2.24, 2.45) is 0 Å².